The van der Waals surface area contributed by atoms with Crippen LogP contribution in [0.1, 0.15) is 29.0 Å². The summed E-state index contributed by atoms with van der Waals surface area (Å²) >= 11 is 0. The van der Waals surface area contributed by atoms with Gasteiger partial charge in [-0.3, -0.25) is 4.79 Å². The first-order chi connectivity index (χ1) is 14.6. The maximum Gasteiger partial charge on any atom is 0.270 e. The first-order valence-electron chi connectivity index (χ1n) is 9.79. The molecule has 1 unspecified atom stereocenters. The third-order valence-electron chi connectivity index (χ3n) is 5.11. The Morgan fingerprint density at radius 1 is 1.03 bits per heavy atom. The minimum absolute atomic E-state index is 0.128. The van der Waals surface area contributed by atoms with Gasteiger partial charge in [-0.15, -0.1) is 0 Å². The van der Waals surface area contributed by atoms with Crippen molar-refractivity contribution in [1.82, 2.24) is 19.7 Å². The van der Waals surface area contributed by atoms with Gasteiger partial charge in [-0.2, -0.15) is 5.10 Å². The number of nitrogens with one attached hydrogen (secondary N) is 1. The molecular weight excluding hydrogens is 376 g/mol. The van der Waals surface area contributed by atoms with E-state index in [4.69, 9.17) is 9.84 Å². The fourth-order valence-electron chi connectivity index (χ4n) is 3.41. The second-order valence-corrected chi connectivity index (χ2v) is 7.13. The molecule has 30 heavy (non-hydrogen) atoms. The molecule has 0 saturated carbocycles. The summed E-state index contributed by atoms with van der Waals surface area (Å²) in [4.78, 5) is 13.2. The zero-order valence-electron chi connectivity index (χ0n) is 17.2. The van der Waals surface area contributed by atoms with Gasteiger partial charge in [0.1, 0.15) is 17.1 Å². The van der Waals surface area contributed by atoms with E-state index >= 15 is 0 Å². The molecule has 6 heteroatoms. The highest BCUT2D eigenvalue weighted by molar-refractivity contribution is 5.94. The molecule has 0 saturated heterocycles. The molecule has 4 aromatic rings. The lowest BCUT2D eigenvalue weighted by atomic mass is 10.1. The average molecular weight is 400 g/mol. The number of methoxy groups -OCH3 is 1. The van der Waals surface area contributed by atoms with E-state index < -0.39 is 0 Å². The Kier molecular flexibility index (Phi) is 5.39. The standard InChI is InChI=1S/C24H24N4O2/c1-17(18-8-5-4-6-9-18)25-24(29)23-16-21(22-10-7-15-27(22)2)26-28(23)19-11-13-20(30-3)14-12-19/h4-17H,1-3H3,(H,25,29). The number of aromatic nitrogens is 3. The third-order valence-corrected chi connectivity index (χ3v) is 5.11. The molecule has 2 aromatic carbocycles. The summed E-state index contributed by atoms with van der Waals surface area (Å²) in [7, 11) is 3.58. The van der Waals surface area contributed by atoms with Gasteiger partial charge in [-0.05, 0) is 55.0 Å². The van der Waals surface area contributed by atoms with Crippen molar-refractivity contribution >= 4 is 5.91 Å². The molecule has 1 N–H and O–H groups in total. The van der Waals surface area contributed by atoms with Crippen molar-refractivity contribution in [2.45, 2.75) is 13.0 Å². The second-order valence-electron chi connectivity index (χ2n) is 7.13. The van der Waals surface area contributed by atoms with Crippen LogP contribution in [0.2, 0.25) is 0 Å². The van der Waals surface area contributed by atoms with Gasteiger partial charge < -0.3 is 14.6 Å². The first kappa shape index (κ1) is 19.5. The number of carbonyl (C=O) groups excluding carboxylic acids is 1. The molecule has 0 aliphatic rings. The Morgan fingerprint density at radius 2 is 1.77 bits per heavy atom. The van der Waals surface area contributed by atoms with Crippen LogP contribution in [-0.2, 0) is 7.05 Å². The van der Waals surface area contributed by atoms with Gasteiger partial charge in [-0.1, -0.05) is 30.3 Å². The second kappa shape index (κ2) is 8.29. The zero-order valence-corrected chi connectivity index (χ0v) is 17.2. The summed E-state index contributed by atoms with van der Waals surface area (Å²) in [6, 6.07) is 23.0. The maximum atomic E-state index is 13.2. The molecular formula is C24H24N4O2. The molecule has 152 valence electrons. The van der Waals surface area contributed by atoms with Crippen LogP contribution in [0.15, 0.2) is 79.0 Å². The number of amides is 1. The first-order valence-corrected chi connectivity index (χ1v) is 9.79. The Labute approximate surface area is 175 Å². The van der Waals surface area contributed by atoms with Crippen LogP contribution < -0.4 is 10.1 Å². The van der Waals surface area contributed by atoms with Gasteiger partial charge in [-0.25, -0.2) is 4.68 Å². The van der Waals surface area contributed by atoms with Crippen LogP contribution >= 0.6 is 0 Å². The molecule has 4 rings (SSSR count). The molecule has 2 heterocycles. The fraction of sp³-hybridized carbons (Fsp3) is 0.167. The summed E-state index contributed by atoms with van der Waals surface area (Å²) in [6.07, 6.45) is 1.96. The van der Waals surface area contributed by atoms with E-state index in [9.17, 15) is 4.79 Å². The lowest BCUT2D eigenvalue weighted by molar-refractivity contribution is 0.0932. The normalized spacial score (nSPS) is 11.8. The highest BCUT2D eigenvalue weighted by atomic mass is 16.5. The minimum atomic E-state index is -0.185. The number of hydrogen-bond donors (Lipinski definition) is 1. The molecule has 0 spiro atoms. The van der Waals surface area contributed by atoms with Crippen LogP contribution in [0.25, 0.3) is 17.1 Å². The summed E-state index contributed by atoms with van der Waals surface area (Å²) in [6.45, 7) is 1.97. The number of rotatable bonds is 6. The van der Waals surface area contributed by atoms with Crippen molar-refractivity contribution in [3.63, 3.8) is 0 Å². The summed E-state index contributed by atoms with van der Waals surface area (Å²) in [5, 5.41) is 7.82. The monoisotopic (exact) mass is 400 g/mol. The van der Waals surface area contributed by atoms with Gasteiger partial charge >= 0.3 is 0 Å². The number of hydrogen-bond acceptors (Lipinski definition) is 3. The molecule has 0 bridgehead atoms. The number of carbonyl (C=O) groups is 1. The molecule has 0 radical (unpaired) electrons. The van der Waals surface area contributed by atoms with E-state index in [0.29, 0.717) is 5.69 Å². The largest absolute Gasteiger partial charge is 0.497 e. The van der Waals surface area contributed by atoms with Gasteiger partial charge in [0.2, 0.25) is 0 Å². The Hall–Kier alpha value is -3.80. The average Bonchev–Trinajstić information content (AvgIpc) is 3.40. The molecule has 0 aliphatic carbocycles. The van der Waals surface area contributed by atoms with Crippen LogP contribution in [-0.4, -0.2) is 27.4 Å². The van der Waals surface area contributed by atoms with Gasteiger partial charge in [0.15, 0.2) is 0 Å². The maximum absolute atomic E-state index is 13.2. The highest BCUT2D eigenvalue weighted by Gasteiger charge is 2.20. The highest BCUT2D eigenvalue weighted by Crippen LogP contribution is 2.24. The molecule has 6 nitrogen and oxygen atoms in total. The van der Waals surface area contributed by atoms with Crippen molar-refractivity contribution in [2.24, 2.45) is 7.05 Å². The minimum Gasteiger partial charge on any atom is -0.497 e. The van der Waals surface area contributed by atoms with Gasteiger partial charge in [0.25, 0.3) is 5.91 Å². The van der Waals surface area contributed by atoms with Crippen molar-refractivity contribution in [3.8, 4) is 22.8 Å². The fourth-order valence-corrected chi connectivity index (χ4v) is 3.41. The quantitative estimate of drug-likeness (QED) is 0.523. The number of aryl methyl sites for hydroxylation is 1. The van der Waals surface area contributed by atoms with E-state index in [2.05, 4.69) is 5.32 Å². The molecule has 2 aromatic heterocycles. The summed E-state index contributed by atoms with van der Waals surface area (Å²) in [5.74, 6) is 0.562. The van der Waals surface area contributed by atoms with Crippen LogP contribution in [0.4, 0.5) is 0 Å². The topological polar surface area (TPSA) is 61.1 Å². The van der Waals surface area contributed by atoms with Gasteiger partial charge in [0, 0.05) is 13.2 Å². The predicted molar refractivity (Wildman–Crippen MR) is 117 cm³/mol. The van der Waals surface area contributed by atoms with Crippen LogP contribution in [0.3, 0.4) is 0 Å². The lowest BCUT2D eigenvalue weighted by Gasteiger charge is -2.15. The Balaban J connectivity index is 1.72. The Bertz CT molecular complexity index is 1140. The van der Waals surface area contributed by atoms with E-state index in [1.54, 1.807) is 11.8 Å². The SMILES string of the molecule is COc1ccc(-n2nc(-c3cccn3C)cc2C(=O)NC(C)c2ccccc2)cc1. The van der Waals surface area contributed by atoms with Crippen molar-refractivity contribution in [2.75, 3.05) is 7.11 Å². The smallest absolute Gasteiger partial charge is 0.270 e. The molecule has 1 amide bonds. The van der Waals surface area contributed by atoms with E-state index in [-0.39, 0.29) is 11.9 Å². The number of nitrogens with zero attached hydrogens (tertiary/aromatic N) is 3. The van der Waals surface area contributed by atoms with Crippen molar-refractivity contribution < 1.29 is 9.53 Å². The molecule has 1 atom stereocenters. The van der Waals surface area contributed by atoms with Crippen molar-refractivity contribution in [1.29, 1.82) is 0 Å². The molecule has 0 aliphatic heterocycles. The summed E-state index contributed by atoms with van der Waals surface area (Å²) < 4.78 is 8.91. The van der Waals surface area contributed by atoms with E-state index in [1.165, 1.54) is 0 Å². The predicted octanol–water partition coefficient (Wildman–Crippen LogP) is 4.38. The van der Waals surface area contributed by atoms with Crippen molar-refractivity contribution in [3.05, 3.63) is 90.3 Å². The zero-order chi connectivity index (χ0) is 21.1. The van der Waals surface area contributed by atoms with Crippen LogP contribution in [0.5, 0.6) is 5.75 Å². The lowest BCUT2D eigenvalue weighted by Crippen LogP contribution is -2.28. The van der Waals surface area contributed by atoms with Crippen LogP contribution in [0, 0.1) is 0 Å². The third kappa shape index (κ3) is 3.85. The number of ether oxygens (including phenoxy) is 1. The van der Waals surface area contributed by atoms with E-state index in [0.717, 1.165) is 28.4 Å². The van der Waals surface area contributed by atoms with Gasteiger partial charge in [0.05, 0.1) is 24.5 Å². The van der Waals surface area contributed by atoms with E-state index in [1.807, 2.05) is 97.5 Å². The molecule has 0 fully saturated rings. The number of benzene rings is 2. The Morgan fingerprint density at radius 3 is 2.40 bits per heavy atom. The summed E-state index contributed by atoms with van der Waals surface area (Å²) in [5.41, 5.74) is 3.97.